The molecule has 0 amide bonds. The van der Waals surface area contributed by atoms with Crippen LogP contribution in [0.4, 0.5) is 0 Å². The first-order valence-corrected chi connectivity index (χ1v) is 6.07. The van der Waals surface area contributed by atoms with Crippen molar-refractivity contribution >= 4 is 5.97 Å². The third kappa shape index (κ3) is 2.40. The van der Waals surface area contributed by atoms with E-state index in [1.807, 2.05) is 12.1 Å². The van der Waals surface area contributed by atoms with E-state index in [9.17, 15) is 4.79 Å². The van der Waals surface area contributed by atoms with Gasteiger partial charge in [-0.15, -0.1) is 0 Å². The molecule has 0 radical (unpaired) electrons. The van der Waals surface area contributed by atoms with E-state index in [1.54, 1.807) is 0 Å². The summed E-state index contributed by atoms with van der Waals surface area (Å²) in [6.45, 7) is 0. The zero-order chi connectivity index (χ0) is 13.2. The highest BCUT2D eigenvalue weighted by molar-refractivity contribution is 5.84. The number of aromatic nitrogens is 2. The maximum Gasteiger partial charge on any atom is 0.356 e. The number of aryl methyl sites for hydroxylation is 2. The maximum absolute atomic E-state index is 10.7. The minimum atomic E-state index is -1.10. The molecule has 1 aromatic carbocycles. The van der Waals surface area contributed by atoms with Crippen molar-refractivity contribution in [2.24, 2.45) is 0 Å². The summed E-state index contributed by atoms with van der Waals surface area (Å²) < 4.78 is 5.57. The van der Waals surface area contributed by atoms with E-state index in [4.69, 9.17) is 9.84 Å². The Hall–Kier alpha value is -2.43. The van der Waals surface area contributed by atoms with Gasteiger partial charge in [-0.25, -0.2) is 14.8 Å². The fraction of sp³-hybridized carbons (Fsp3) is 0.214. The van der Waals surface area contributed by atoms with E-state index < -0.39 is 5.97 Å². The number of carboxylic acid groups (broad SMARTS) is 1. The molecule has 2 aromatic rings. The highest BCUT2D eigenvalue weighted by Crippen LogP contribution is 2.28. The molecule has 1 N–H and O–H groups in total. The number of rotatable bonds is 3. The van der Waals surface area contributed by atoms with Crippen molar-refractivity contribution in [2.45, 2.75) is 19.3 Å². The van der Waals surface area contributed by atoms with E-state index in [0.29, 0.717) is 11.6 Å². The maximum atomic E-state index is 10.7. The molecule has 0 saturated carbocycles. The molecule has 5 heteroatoms. The van der Waals surface area contributed by atoms with Gasteiger partial charge in [0.25, 0.3) is 0 Å². The van der Waals surface area contributed by atoms with Gasteiger partial charge in [-0.3, -0.25) is 0 Å². The van der Waals surface area contributed by atoms with Crippen LogP contribution in [-0.2, 0) is 12.8 Å². The third-order valence-electron chi connectivity index (χ3n) is 3.14. The predicted octanol–water partition coefficient (Wildman–Crippen LogP) is 2.46. The van der Waals surface area contributed by atoms with Crippen molar-refractivity contribution in [3.63, 3.8) is 0 Å². The van der Waals surface area contributed by atoms with E-state index in [0.717, 1.165) is 12.8 Å². The molecule has 19 heavy (non-hydrogen) atoms. The van der Waals surface area contributed by atoms with Crippen molar-refractivity contribution in [3.8, 4) is 11.6 Å². The first kappa shape index (κ1) is 11.6. The zero-order valence-electron chi connectivity index (χ0n) is 10.2. The van der Waals surface area contributed by atoms with Gasteiger partial charge >= 0.3 is 5.97 Å². The van der Waals surface area contributed by atoms with Crippen molar-refractivity contribution < 1.29 is 14.6 Å². The van der Waals surface area contributed by atoms with Crippen LogP contribution in [-0.4, -0.2) is 21.0 Å². The lowest BCUT2D eigenvalue weighted by atomic mass is 10.1. The van der Waals surface area contributed by atoms with E-state index in [2.05, 4.69) is 16.0 Å². The van der Waals surface area contributed by atoms with Gasteiger partial charge in [0.15, 0.2) is 5.69 Å². The predicted molar refractivity (Wildman–Crippen MR) is 67.5 cm³/mol. The van der Waals surface area contributed by atoms with Crippen LogP contribution in [0.25, 0.3) is 0 Å². The number of carboxylic acids is 1. The Kier molecular flexibility index (Phi) is 2.87. The van der Waals surface area contributed by atoms with E-state index >= 15 is 0 Å². The second kappa shape index (κ2) is 4.68. The lowest BCUT2D eigenvalue weighted by Gasteiger charge is -2.06. The highest BCUT2D eigenvalue weighted by Gasteiger charge is 2.12. The second-order valence-electron chi connectivity index (χ2n) is 4.43. The molecular weight excluding hydrogens is 244 g/mol. The van der Waals surface area contributed by atoms with Crippen molar-refractivity contribution in [1.82, 2.24) is 9.97 Å². The molecule has 1 aliphatic carbocycles. The Morgan fingerprint density at radius 1 is 1.16 bits per heavy atom. The minimum absolute atomic E-state index is 0.0960. The van der Waals surface area contributed by atoms with E-state index in [1.165, 1.54) is 29.9 Å². The van der Waals surface area contributed by atoms with Crippen LogP contribution >= 0.6 is 0 Å². The summed E-state index contributed by atoms with van der Waals surface area (Å²) in [6, 6.07) is 5.97. The summed E-state index contributed by atoms with van der Waals surface area (Å²) in [6.07, 6.45) is 5.90. The van der Waals surface area contributed by atoms with Gasteiger partial charge in [0.1, 0.15) is 5.75 Å². The highest BCUT2D eigenvalue weighted by atomic mass is 16.5. The molecule has 0 spiro atoms. The van der Waals surface area contributed by atoms with Crippen LogP contribution in [0.5, 0.6) is 11.6 Å². The molecule has 0 bridgehead atoms. The molecular formula is C14H12N2O3. The summed E-state index contributed by atoms with van der Waals surface area (Å²) in [5.74, 6) is -0.0995. The standard InChI is InChI=1S/C14H12N2O3/c17-14(18)12-7-16-13(8-15-12)19-11-5-4-9-2-1-3-10(9)6-11/h4-8H,1-3H2,(H,17,18). The van der Waals surface area contributed by atoms with Gasteiger partial charge in [-0.1, -0.05) is 6.07 Å². The topological polar surface area (TPSA) is 72.3 Å². The molecule has 0 aliphatic heterocycles. The van der Waals surface area contributed by atoms with Gasteiger partial charge in [-0.05, 0) is 42.5 Å². The summed E-state index contributed by atoms with van der Waals surface area (Å²) in [5, 5.41) is 8.73. The molecule has 0 atom stereocenters. The van der Waals surface area contributed by atoms with Crippen molar-refractivity contribution in [3.05, 3.63) is 47.4 Å². The lowest BCUT2D eigenvalue weighted by Crippen LogP contribution is -2.01. The summed E-state index contributed by atoms with van der Waals surface area (Å²) >= 11 is 0. The van der Waals surface area contributed by atoms with E-state index in [-0.39, 0.29) is 5.69 Å². The molecule has 0 saturated heterocycles. The first-order chi connectivity index (χ1) is 9.22. The van der Waals surface area contributed by atoms with Crippen molar-refractivity contribution in [2.75, 3.05) is 0 Å². The number of fused-ring (bicyclic) bond motifs is 1. The van der Waals surface area contributed by atoms with Gasteiger partial charge < -0.3 is 9.84 Å². The minimum Gasteiger partial charge on any atom is -0.476 e. The average Bonchev–Trinajstić information content (AvgIpc) is 2.87. The fourth-order valence-corrected chi connectivity index (χ4v) is 2.21. The normalized spacial score (nSPS) is 13.1. The molecule has 1 aliphatic rings. The third-order valence-corrected chi connectivity index (χ3v) is 3.14. The molecule has 96 valence electrons. The van der Waals surface area contributed by atoms with Crippen LogP contribution in [0.1, 0.15) is 28.0 Å². The molecule has 0 fully saturated rings. The number of hydrogen-bond acceptors (Lipinski definition) is 4. The Morgan fingerprint density at radius 2 is 2.00 bits per heavy atom. The molecule has 0 unspecified atom stereocenters. The largest absolute Gasteiger partial charge is 0.476 e. The van der Waals surface area contributed by atoms with Crippen LogP contribution in [0.15, 0.2) is 30.6 Å². The number of ether oxygens (including phenoxy) is 1. The molecule has 5 nitrogen and oxygen atoms in total. The van der Waals surface area contributed by atoms with Crippen LogP contribution in [0.2, 0.25) is 0 Å². The second-order valence-corrected chi connectivity index (χ2v) is 4.43. The average molecular weight is 256 g/mol. The number of aromatic carboxylic acids is 1. The quantitative estimate of drug-likeness (QED) is 0.913. The molecule has 3 rings (SSSR count). The van der Waals surface area contributed by atoms with Crippen LogP contribution in [0.3, 0.4) is 0 Å². The summed E-state index contributed by atoms with van der Waals surface area (Å²) in [7, 11) is 0. The fourth-order valence-electron chi connectivity index (χ4n) is 2.21. The Balaban J connectivity index is 1.79. The number of benzene rings is 1. The first-order valence-electron chi connectivity index (χ1n) is 6.07. The Labute approximate surface area is 109 Å². The summed E-state index contributed by atoms with van der Waals surface area (Å²) in [5.41, 5.74) is 2.59. The number of nitrogens with zero attached hydrogens (tertiary/aromatic N) is 2. The molecule has 1 aromatic heterocycles. The van der Waals surface area contributed by atoms with Gasteiger partial charge in [-0.2, -0.15) is 0 Å². The van der Waals surface area contributed by atoms with Gasteiger partial charge in [0.05, 0.1) is 12.4 Å². The zero-order valence-corrected chi connectivity index (χ0v) is 10.2. The number of carbonyl (C=O) groups is 1. The monoisotopic (exact) mass is 256 g/mol. The summed E-state index contributed by atoms with van der Waals surface area (Å²) in [4.78, 5) is 18.3. The Bertz CT molecular complexity index is 623. The van der Waals surface area contributed by atoms with Crippen molar-refractivity contribution in [1.29, 1.82) is 0 Å². The number of hydrogen-bond donors (Lipinski definition) is 1. The Morgan fingerprint density at radius 3 is 2.74 bits per heavy atom. The lowest BCUT2D eigenvalue weighted by molar-refractivity contribution is 0.0690. The van der Waals surface area contributed by atoms with Gasteiger partial charge in [0.2, 0.25) is 5.88 Å². The van der Waals surface area contributed by atoms with Gasteiger partial charge in [0, 0.05) is 0 Å². The smallest absolute Gasteiger partial charge is 0.356 e. The van der Waals surface area contributed by atoms with Crippen LogP contribution in [0, 0.1) is 0 Å². The SMILES string of the molecule is O=C(O)c1cnc(Oc2ccc3c(c2)CCC3)cn1. The molecule has 1 heterocycles. The van der Waals surface area contributed by atoms with Crippen LogP contribution < -0.4 is 4.74 Å².